The molecule has 0 aliphatic carbocycles. The fourth-order valence-electron chi connectivity index (χ4n) is 1.99. The molecule has 0 heterocycles. The molecule has 0 saturated heterocycles. The van der Waals surface area contributed by atoms with Crippen molar-refractivity contribution in [3.63, 3.8) is 0 Å². The summed E-state index contributed by atoms with van der Waals surface area (Å²) < 4.78 is 5.28. The minimum absolute atomic E-state index is 0.146. The van der Waals surface area contributed by atoms with Crippen molar-refractivity contribution >= 4 is 6.09 Å². The molecule has 0 aromatic heterocycles. The smallest absolute Gasteiger partial charge is 0.407 e. The molecule has 1 N–H and O–H groups in total. The Bertz CT molecular complexity index is 337. The maximum Gasteiger partial charge on any atom is 0.407 e. The number of carbonyl (C=O) groups is 1. The highest BCUT2D eigenvalue weighted by molar-refractivity contribution is 5.68. The second-order valence-electron chi connectivity index (χ2n) is 7.31. The summed E-state index contributed by atoms with van der Waals surface area (Å²) in [5.41, 5.74) is -1.09. The Hall–Kier alpha value is -1.17. The van der Waals surface area contributed by atoms with Gasteiger partial charge in [-0.3, -0.25) is 0 Å². The van der Waals surface area contributed by atoms with Gasteiger partial charge in [0.05, 0.1) is 6.04 Å². The van der Waals surface area contributed by atoms with Crippen LogP contribution in [-0.2, 0) is 4.74 Å². The van der Waals surface area contributed by atoms with Gasteiger partial charge >= 0.3 is 6.09 Å². The molecular formula is C15H27NO2. The number of nitrogens with one attached hydrogen (secondary N) is 1. The highest BCUT2D eigenvalue weighted by atomic mass is 16.6. The summed E-state index contributed by atoms with van der Waals surface area (Å²) in [4.78, 5) is 11.9. The van der Waals surface area contributed by atoms with Crippen LogP contribution < -0.4 is 5.32 Å². The predicted octanol–water partition coefficient (Wildman–Crippen LogP) is 3.59. The fraction of sp³-hybridized carbons (Fsp3) is 0.800. The van der Waals surface area contributed by atoms with Crippen molar-refractivity contribution in [2.24, 2.45) is 10.8 Å². The molecule has 0 fully saturated rings. The Kier molecular flexibility index (Phi) is 4.88. The Morgan fingerprint density at radius 1 is 1.11 bits per heavy atom. The quantitative estimate of drug-likeness (QED) is 0.764. The average Bonchev–Trinajstić information content (AvgIpc) is 2.09. The molecule has 0 bridgehead atoms. The molecule has 0 rings (SSSR count). The number of rotatable bonds is 2. The first-order chi connectivity index (χ1) is 7.79. The minimum atomic E-state index is -0.507. The molecule has 0 aromatic carbocycles. The molecule has 0 spiro atoms. The van der Waals surface area contributed by atoms with Crippen LogP contribution in [0.5, 0.6) is 0 Å². The molecule has 0 aromatic rings. The van der Waals surface area contributed by atoms with Gasteiger partial charge in [0.25, 0.3) is 0 Å². The van der Waals surface area contributed by atoms with Gasteiger partial charge in [0.2, 0.25) is 0 Å². The van der Waals surface area contributed by atoms with E-state index in [1.54, 1.807) is 0 Å². The number of carbonyl (C=O) groups excluding carboxylic acids is 1. The number of terminal acetylenes is 1. The average molecular weight is 253 g/mol. The molecule has 3 heteroatoms. The fourth-order valence-corrected chi connectivity index (χ4v) is 1.99. The number of ether oxygens (including phenoxy) is 1. The third-order valence-corrected chi connectivity index (χ3v) is 2.62. The molecule has 0 aliphatic heterocycles. The van der Waals surface area contributed by atoms with E-state index in [-0.39, 0.29) is 11.5 Å². The van der Waals surface area contributed by atoms with E-state index in [9.17, 15) is 4.79 Å². The van der Waals surface area contributed by atoms with Crippen LogP contribution in [0.3, 0.4) is 0 Å². The highest BCUT2D eigenvalue weighted by Crippen LogP contribution is 2.33. The van der Waals surface area contributed by atoms with Crippen molar-refractivity contribution in [2.45, 2.75) is 67.0 Å². The Labute approximate surface area is 112 Å². The van der Waals surface area contributed by atoms with Gasteiger partial charge < -0.3 is 10.1 Å². The highest BCUT2D eigenvalue weighted by Gasteiger charge is 2.38. The van der Waals surface area contributed by atoms with Gasteiger partial charge in [-0.05, 0) is 40.0 Å². The van der Waals surface area contributed by atoms with Crippen LogP contribution in [0, 0.1) is 23.2 Å². The van der Waals surface area contributed by atoms with Crippen molar-refractivity contribution in [1.82, 2.24) is 5.32 Å². The first-order valence-electron chi connectivity index (χ1n) is 6.27. The number of hydrogen-bond donors (Lipinski definition) is 1. The standard InChI is InChI=1S/C15H27NO2/c1-10-15(8,9)11(13(2,3)4)16-12(17)18-14(5,6)7/h1,11H,2-9H3,(H,16,17). The molecular weight excluding hydrogens is 226 g/mol. The van der Waals surface area contributed by atoms with E-state index in [1.165, 1.54) is 0 Å². The molecule has 0 radical (unpaired) electrons. The van der Waals surface area contributed by atoms with Gasteiger partial charge in [-0.15, -0.1) is 6.42 Å². The lowest BCUT2D eigenvalue weighted by Gasteiger charge is -2.40. The molecule has 0 aliphatic rings. The molecule has 0 saturated carbocycles. The SMILES string of the molecule is C#CC(C)(C)C(NC(=O)OC(C)(C)C)C(C)(C)C. The van der Waals surface area contributed by atoms with Crippen molar-refractivity contribution < 1.29 is 9.53 Å². The van der Waals surface area contributed by atoms with E-state index >= 15 is 0 Å². The zero-order valence-electron chi connectivity index (χ0n) is 13.0. The van der Waals surface area contributed by atoms with E-state index in [0.29, 0.717) is 0 Å². The Morgan fingerprint density at radius 2 is 1.56 bits per heavy atom. The van der Waals surface area contributed by atoms with Gasteiger partial charge in [-0.25, -0.2) is 4.79 Å². The van der Waals surface area contributed by atoms with Gasteiger partial charge in [-0.1, -0.05) is 26.7 Å². The minimum Gasteiger partial charge on any atom is -0.444 e. The summed E-state index contributed by atoms with van der Waals surface area (Å²) in [6, 6.07) is -0.162. The van der Waals surface area contributed by atoms with E-state index in [2.05, 4.69) is 11.2 Å². The third-order valence-electron chi connectivity index (χ3n) is 2.62. The van der Waals surface area contributed by atoms with Crippen molar-refractivity contribution in [3.05, 3.63) is 0 Å². The lowest BCUT2D eigenvalue weighted by molar-refractivity contribution is 0.0402. The van der Waals surface area contributed by atoms with Crippen LogP contribution in [0.15, 0.2) is 0 Å². The van der Waals surface area contributed by atoms with Crippen molar-refractivity contribution in [2.75, 3.05) is 0 Å². The number of alkyl carbamates (subject to hydrolysis) is 1. The molecule has 1 unspecified atom stereocenters. The van der Waals surface area contributed by atoms with Crippen LogP contribution in [0.2, 0.25) is 0 Å². The zero-order chi connectivity index (χ0) is 14.8. The van der Waals surface area contributed by atoms with Crippen LogP contribution >= 0.6 is 0 Å². The maximum absolute atomic E-state index is 11.9. The molecule has 3 nitrogen and oxygen atoms in total. The van der Waals surface area contributed by atoms with Gasteiger partial charge in [0.1, 0.15) is 5.60 Å². The summed E-state index contributed by atoms with van der Waals surface area (Å²) >= 11 is 0. The largest absolute Gasteiger partial charge is 0.444 e. The molecule has 1 atom stereocenters. The maximum atomic E-state index is 11.9. The molecule has 104 valence electrons. The molecule has 18 heavy (non-hydrogen) atoms. The van der Waals surface area contributed by atoms with E-state index in [4.69, 9.17) is 11.2 Å². The van der Waals surface area contributed by atoms with Gasteiger partial charge in [0, 0.05) is 5.41 Å². The van der Waals surface area contributed by atoms with E-state index < -0.39 is 17.1 Å². The van der Waals surface area contributed by atoms with Crippen LogP contribution in [0.25, 0.3) is 0 Å². The van der Waals surface area contributed by atoms with Crippen LogP contribution in [0.1, 0.15) is 55.4 Å². The summed E-state index contributed by atoms with van der Waals surface area (Å²) in [7, 11) is 0. The summed E-state index contributed by atoms with van der Waals surface area (Å²) in [6.07, 6.45) is 5.14. The first kappa shape index (κ1) is 16.8. The number of hydrogen-bond acceptors (Lipinski definition) is 2. The first-order valence-corrected chi connectivity index (χ1v) is 6.27. The van der Waals surface area contributed by atoms with Crippen molar-refractivity contribution in [1.29, 1.82) is 0 Å². The van der Waals surface area contributed by atoms with Crippen LogP contribution in [0.4, 0.5) is 4.79 Å². The van der Waals surface area contributed by atoms with E-state index in [0.717, 1.165) is 0 Å². The van der Waals surface area contributed by atoms with Gasteiger partial charge in [-0.2, -0.15) is 0 Å². The van der Waals surface area contributed by atoms with Crippen molar-refractivity contribution in [3.8, 4) is 12.3 Å². The van der Waals surface area contributed by atoms with Crippen LogP contribution in [-0.4, -0.2) is 17.7 Å². The monoisotopic (exact) mass is 253 g/mol. The second kappa shape index (κ2) is 5.22. The van der Waals surface area contributed by atoms with E-state index in [1.807, 2.05) is 55.4 Å². The summed E-state index contributed by atoms with van der Waals surface area (Å²) in [5, 5.41) is 2.90. The second-order valence-corrected chi connectivity index (χ2v) is 7.31. The van der Waals surface area contributed by atoms with Gasteiger partial charge in [0.15, 0.2) is 0 Å². The summed E-state index contributed by atoms with van der Waals surface area (Å²) in [5.74, 6) is 2.75. The number of amides is 1. The predicted molar refractivity (Wildman–Crippen MR) is 75.2 cm³/mol. The summed E-state index contributed by atoms with van der Waals surface area (Å²) in [6.45, 7) is 15.6. The topological polar surface area (TPSA) is 38.3 Å². The lowest BCUT2D eigenvalue weighted by atomic mass is 9.71. The Balaban J connectivity index is 4.97. The third kappa shape index (κ3) is 5.44. The normalized spacial score (nSPS) is 14.6. The Morgan fingerprint density at radius 3 is 1.83 bits per heavy atom. The molecule has 1 amide bonds. The zero-order valence-corrected chi connectivity index (χ0v) is 13.0. The lowest BCUT2D eigenvalue weighted by Crippen LogP contribution is -2.53.